The van der Waals surface area contributed by atoms with Crippen LogP contribution in [0.25, 0.3) is 22.0 Å². The third kappa shape index (κ3) is 5.99. The topological polar surface area (TPSA) is 96.0 Å². The molecule has 35 heavy (non-hydrogen) atoms. The van der Waals surface area contributed by atoms with E-state index in [1.807, 2.05) is 0 Å². The van der Waals surface area contributed by atoms with Crippen LogP contribution < -0.4 is 15.4 Å². The first-order valence-corrected chi connectivity index (χ1v) is 12.8. The molecule has 1 fully saturated rings. The van der Waals surface area contributed by atoms with Crippen LogP contribution >= 0.6 is 0 Å². The van der Waals surface area contributed by atoms with Crippen LogP contribution in [-0.4, -0.2) is 49.2 Å². The van der Waals surface area contributed by atoms with Gasteiger partial charge in [0.15, 0.2) is 11.6 Å². The van der Waals surface area contributed by atoms with Crippen molar-refractivity contribution in [2.24, 2.45) is 0 Å². The summed E-state index contributed by atoms with van der Waals surface area (Å²) in [6.45, 7) is 2.93. The predicted octanol–water partition coefficient (Wildman–Crippen LogP) is 4.53. The molecule has 2 heterocycles. The average Bonchev–Trinajstić information content (AvgIpc) is 2.82. The van der Waals surface area contributed by atoms with Gasteiger partial charge in [0.05, 0.1) is 11.2 Å². The van der Waals surface area contributed by atoms with Crippen molar-refractivity contribution >= 4 is 32.6 Å². The Morgan fingerprint density at radius 2 is 1.97 bits per heavy atom. The fourth-order valence-corrected chi connectivity index (χ4v) is 5.19. The molecule has 0 bridgehead atoms. The van der Waals surface area contributed by atoms with Crippen LogP contribution in [0.3, 0.4) is 0 Å². The predicted molar refractivity (Wildman–Crippen MR) is 127 cm³/mol. The molecule has 1 saturated heterocycles. The van der Waals surface area contributed by atoms with E-state index in [2.05, 4.69) is 20.6 Å². The summed E-state index contributed by atoms with van der Waals surface area (Å²) >= 11 is 0. The molecule has 1 atom stereocenters. The number of aromatic nitrogens is 2. The highest BCUT2D eigenvalue weighted by atomic mass is 32.2. The van der Waals surface area contributed by atoms with Crippen LogP contribution in [-0.2, 0) is 10.0 Å². The van der Waals surface area contributed by atoms with Gasteiger partial charge in [-0.2, -0.15) is 0 Å². The molecule has 7 nitrogen and oxygen atoms in total. The molecular weight excluding hydrogens is 486 g/mol. The molecule has 3 aromatic rings. The second-order valence-corrected chi connectivity index (χ2v) is 10.2. The highest BCUT2D eigenvalue weighted by Gasteiger charge is 2.34. The third-order valence-corrected chi connectivity index (χ3v) is 7.12. The summed E-state index contributed by atoms with van der Waals surface area (Å²) in [5, 5.41) is 7.18. The van der Waals surface area contributed by atoms with Gasteiger partial charge in [-0.1, -0.05) is 13.0 Å². The number of nitrogens with one attached hydrogen (secondary N) is 3. The maximum atomic E-state index is 14.8. The Kier molecular flexibility index (Phi) is 7.13. The van der Waals surface area contributed by atoms with E-state index in [-0.39, 0.29) is 11.6 Å². The van der Waals surface area contributed by atoms with Gasteiger partial charge in [-0.25, -0.2) is 35.9 Å². The van der Waals surface area contributed by atoms with E-state index in [0.29, 0.717) is 22.4 Å². The zero-order valence-corrected chi connectivity index (χ0v) is 19.7. The van der Waals surface area contributed by atoms with Crippen LogP contribution in [0.4, 0.5) is 29.2 Å². The van der Waals surface area contributed by atoms with Gasteiger partial charge in [-0.15, -0.1) is 0 Å². The van der Waals surface area contributed by atoms with Gasteiger partial charge in [-0.3, -0.25) is 4.72 Å². The minimum Gasteiger partial charge on any atom is -0.350 e. The van der Waals surface area contributed by atoms with Crippen molar-refractivity contribution in [1.29, 1.82) is 0 Å². The molecule has 0 aliphatic carbocycles. The number of piperidine rings is 1. The maximum absolute atomic E-state index is 14.8. The lowest BCUT2D eigenvalue weighted by molar-refractivity contribution is 0.0219. The highest BCUT2D eigenvalue weighted by Crippen LogP contribution is 2.31. The lowest BCUT2D eigenvalue weighted by Crippen LogP contribution is -2.38. The summed E-state index contributed by atoms with van der Waals surface area (Å²) in [6, 6.07) is 7.21. The van der Waals surface area contributed by atoms with Crippen LogP contribution in [0.5, 0.6) is 0 Å². The summed E-state index contributed by atoms with van der Waals surface area (Å²) in [5.41, 5.74) is 0.0654. The van der Waals surface area contributed by atoms with E-state index in [0.717, 1.165) is 38.9 Å². The van der Waals surface area contributed by atoms with Crippen molar-refractivity contribution in [3.63, 3.8) is 0 Å². The number of benzene rings is 2. The van der Waals surface area contributed by atoms with E-state index >= 15 is 0 Å². The number of sulfonamides is 1. The Balaban J connectivity index is 1.56. The van der Waals surface area contributed by atoms with Gasteiger partial charge in [0.1, 0.15) is 5.75 Å². The molecule has 1 aliphatic rings. The molecule has 0 spiro atoms. The lowest BCUT2D eigenvalue weighted by Gasteiger charge is -2.23. The largest absolute Gasteiger partial charge is 0.350 e. The molecule has 188 valence electrons. The number of halogens is 4. The third-order valence-electron chi connectivity index (χ3n) is 5.79. The van der Waals surface area contributed by atoms with Crippen molar-refractivity contribution in [2.75, 3.05) is 28.9 Å². The molecule has 4 rings (SSSR count). The Bertz CT molecular complexity index is 1330. The first kappa shape index (κ1) is 25.1. The number of hydrogen-bond donors (Lipinski definition) is 3. The van der Waals surface area contributed by atoms with Crippen LogP contribution in [0.15, 0.2) is 36.5 Å². The van der Waals surface area contributed by atoms with Gasteiger partial charge in [0.25, 0.3) is 5.92 Å². The van der Waals surface area contributed by atoms with E-state index in [1.165, 1.54) is 6.07 Å². The molecule has 2 aromatic carbocycles. The summed E-state index contributed by atoms with van der Waals surface area (Å²) in [4.78, 5) is 8.79. The SMILES string of the molecule is CCC(F)(F)CS(=O)(=O)Nc1ccc(-c2ccc3nc(N[C@H]4CCCNC4)ncc3c2)c(F)c1F. The van der Waals surface area contributed by atoms with Gasteiger partial charge in [0, 0.05) is 36.2 Å². The van der Waals surface area contributed by atoms with Gasteiger partial charge in [0.2, 0.25) is 16.0 Å². The quantitative estimate of drug-likeness (QED) is 0.385. The molecule has 0 amide bonds. The summed E-state index contributed by atoms with van der Waals surface area (Å²) < 4.78 is 82.2. The standard InChI is InChI=1S/C23H25F4N5O2S/c1-2-23(26,27)13-35(33,34)32-19-8-6-17(20(24)21(19)25)14-5-7-18-15(10-14)11-29-22(31-18)30-16-4-3-9-28-12-16/h5-8,10-11,16,28,32H,2-4,9,12-13H2,1H3,(H,29,30,31)/t16-/m0/s1. The zero-order valence-electron chi connectivity index (χ0n) is 18.9. The number of anilines is 2. The van der Waals surface area contributed by atoms with Gasteiger partial charge >= 0.3 is 0 Å². The molecule has 12 heteroatoms. The molecule has 1 aliphatic heterocycles. The van der Waals surface area contributed by atoms with E-state index in [4.69, 9.17) is 0 Å². The normalized spacial score (nSPS) is 16.9. The molecular formula is C23H25F4N5O2S. The second kappa shape index (κ2) is 9.94. The Labute approximate surface area is 200 Å². The summed E-state index contributed by atoms with van der Waals surface area (Å²) in [5.74, 6) is -7.34. The molecule has 0 unspecified atom stereocenters. The second-order valence-electron chi connectivity index (χ2n) is 8.51. The van der Waals surface area contributed by atoms with Crippen molar-refractivity contribution in [1.82, 2.24) is 15.3 Å². The number of hydrogen-bond acceptors (Lipinski definition) is 6. The number of fused-ring (bicyclic) bond motifs is 1. The number of rotatable bonds is 8. The van der Waals surface area contributed by atoms with Crippen LogP contribution in [0, 0.1) is 11.6 Å². The monoisotopic (exact) mass is 511 g/mol. The van der Waals surface area contributed by atoms with E-state index in [9.17, 15) is 26.0 Å². The first-order chi connectivity index (χ1) is 16.6. The van der Waals surface area contributed by atoms with Crippen molar-refractivity contribution < 1.29 is 26.0 Å². The van der Waals surface area contributed by atoms with Gasteiger partial charge in [-0.05, 0) is 49.2 Å². The van der Waals surface area contributed by atoms with Crippen LogP contribution in [0.1, 0.15) is 26.2 Å². The Morgan fingerprint density at radius 1 is 1.17 bits per heavy atom. The molecule has 0 saturated carbocycles. The molecule has 3 N–H and O–H groups in total. The van der Waals surface area contributed by atoms with E-state index in [1.54, 1.807) is 29.1 Å². The average molecular weight is 512 g/mol. The van der Waals surface area contributed by atoms with Crippen LogP contribution in [0.2, 0.25) is 0 Å². The lowest BCUT2D eigenvalue weighted by atomic mass is 10.0. The number of alkyl halides is 2. The summed E-state index contributed by atoms with van der Waals surface area (Å²) in [6.07, 6.45) is 2.94. The first-order valence-electron chi connectivity index (χ1n) is 11.2. The fraction of sp³-hybridized carbons (Fsp3) is 0.391. The van der Waals surface area contributed by atoms with Crippen molar-refractivity contribution in [3.8, 4) is 11.1 Å². The summed E-state index contributed by atoms with van der Waals surface area (Å²) in [7, 11) is -4.60. The van der Waals surface area contributed by atoms with Crippen molar-refractivity contribution in [3.05, 3.63) is 48.2 Å². The minimum absolute atomic E-state index is 0.123. The van der Waals surface area contributed by atoms with Gasteiger partial charge < -0.3 is 10.6 Å². The van der Waals surface area contributed by atoms with Crippen molar-refractivity contribution in [2.45, 2.75) is 38.2 Å². The fourth-order valence-electron chi connectivity index (χ4n) is 3.86. The number of nitrogens with zero attached hydrogens (tertiary/aromatic N) is 2. The Morgan fingerprint density at radius 3 is 2.69 bits per heavy atom. The minimum atomic E-state index is -4.60. The zero-order chi connectivity index (χ0) is 25.2. The molecule has 1 aromatic heterocycles. The highest BCUT2D eigenvalue weighted by molar-refractivity contribution is 7.92. The molecule has 0 radical (unpaired) electrons. The Hall–Kier alpha value is -2.99. The smallest absolute Gasteiger partial charge is 0.263 e. The maximum Gasteiger partial charge on any atom is 0.263 e. The van der Waals surface area contributed by atoms with E-state index < -0.39 is 45.4 Å².